The zero-order chi connectivity index (χ0) is 17.4. The molecule has 0 aromatic heterocycles. The monoisotopic (exact) mass is 336 g/mol. The van der Waals surface area contributed by atoms with E-state index in [4.69, 9.17) is 0 Å². The smallest absolute Gasteiger partial charge is 0.227 e. The number of amides is 1. The van der Waals surface area contributed by atoms with Gasteiger partial charge in [0.05, 0.1) is 18.7 Å². The summed E-state index contributed by atoms with van der Waals surface area (Å²) in [6.45, 7) is -0.0891. The summed E-state index contributed by atoms with van der Waals surface area (Å²) in [7, 11) is 0. The topological polar surface area (TPSA) is 64.3 Å². The Morgan fingerprint density at radius 1 is 1.24 bits per heavy atom. The quantitative estimate of drug-likeness (QED) is 0.918. The van der Waals surface area contributed by atoms with Crippen LogP contribution in [0.3, 0.4) is 0 Å². The van der Waals surface area contributed by atoms with Crippen molar-refractivity contribution < 1.29 is 9.90 Å². The van der Waals surface area contributed by atoms with E-state index in [-0.39, 0.29) is 30.4 Å². The molecule has 1 saturated heterocycles. The Kier molecular flexibility index (Phi) is 4.35. The normalized spacial score (nSPS) is 28.7. The van der Waals surface area contributed by atoms with E-state index in [1.54, 1.807) is 4.90 Å². The van der Waals surface area contributed by atoms with Crippen LogP contribution in [0.25, 0.3) is 5.57 Å². The van der Waals surface area contributed by atoms with Crippen LogP contribution in [0, 0.1) is 17.2 Å². The molecule has 0 spiro atoms. The summed E-state index contributed by atoms with van der Waals surface area (Å²) in [5.41, 5.74) is 3.69. The number of aliphatic hydroxyl groups excluding tert-OH is 1. The summed E-state index contributed by atoms with van der Waals surface area (Å²) in [4.78, 5) is 14.2. The highest BCUT2D eigenvalue weighted by Crippen LogP contribution is 2.43. The molecule has 1 aromatic carbocycles. The van der Waals surface area contributed by atoms with Gasteiger partial charge in [0, 0.05) is 11.8 Å². The number of carbonyl (C=O) groups excluding carboxylic acids is 1. The largest absolute Gasteiger partial charge is 0.394 e. The van der Waals surface area contributed by atoms with Gasteiger partial charge in [0.25, 0.3) is 0 Å². The van der Waals surface area contributed by atoms with Gasteiger partial charge in [-0.25, -0.2) is 0 Å². The second-order valence-electron chi connectivity index (χ2n) is 7.47. The molecule has 2 fully saturated rings. The third-order valence-electron chi connectivity index (χ3n) is 6.15. The predicted molar refractivity (Wildman–Crippen MR) is 95.5 cm³/mol. The number of nitriles is 1. The summed E-state index contributed by atoms with van der Waals surface area (Å²) in [5, 5.41) is 19.5. The average Bonchev–Trinajstić information content (AvgIpc) is 3.08. The second kappa shape index (κ2) is 6.65. The number of benzene rings is 1. The van der Waals surface area contributed by atoms with Gasteiger partial charge in [-0.2, -0.15) is 5.26 Å². The van der Waals surface area contributed by atoms with Crippen LogP contribution in [0.2, 0.25) is 0 Å². The lowest BCUT2D eigenvalue weighted by molar-refractivity contribution is -0.154. The maximum absolute atomic E-state index is 12.6. The molecular formula is C21H24N2O2. The molecule has 0 radical (unpaired) electrons. The van der Waals surface area contributed by atoms with E-state index in [1.165, 1.54) is 17.6 Å². The highest BCUT2D eigenvalue weighted by atomic mass is 16.3. The van der Waals surface area contributed by atoms with Crippen molar-refractivity contribution >= 4 is 11.5 Å². The molecule has 1 aliphatic heterocycles. The maximum atomic E-state index is 12.6. The molecule has 1 saturated carbocycles. The van der Waals surface area contributed by atoms with Crippen molar-refractivity contribution in [2.75, 3.05) is 6.61 Å². The molecule has 4 rings (SSSR count). The molecule has 4 nitrogen and oxygen atoms in total. The molecule has 3 atom stereocenters. The highest BCUT2D eigenvalue weighted by Gasteiger charge is 2.53. The Balaban J connectivity index is 1.54. The van der Waals surface area contributed by atoms with Crippen molar-refractivity contribution in [3.8, 4) is 6.07 Å². The lowest BCUT2D eigenvalue weighted by Gasteiger charge is -2.53. The number of allylic oxidation sites excluding steroid dienone is 2. The van der Waals surface area contributed by atoms with Gasteiger partial charge < -0.3 is 10.0 Å². The Morgan fingerprint density at radius 2 is 2.00 bits per heavy atom. The molecule has 25 heavy (non-hydrogen) atoms. The third kappa shape index (κ3) is 2.67. The van der Waals surface area contributed by atoms with Crippen LogP contribution in [0.15, 0.2) is 30.3 Å². The van der Waals surface area contributed by atoms with Gasteiger partial charge in [0.1, 0.15) is 6.04 Å². The zero-order valence-corrected chi connectivity index (χ0v) is 14.4. The van der Waals surface area contributed by atoms with Crippen LogP contribution in [0.1, 0.15) is 55.6 Å². The van der Waals surface area contributed by atoms with Crippen molar-refractivity contribution in [1.29, 1.82) is 5.26 Å². The first kappa shape index (κ1) is 16.4. The third-order valence-corrected chi connectivity index (χ3v) is 6.15. The van der Waals surface area contributed by atoms with E-state index in [0.717, 1.165) is 37.7 Å². The SMILES string of the molecule is N#C[C@@H]1[C@H](c2ccc(C3=CCCC3)cc2)[C@@H](CO)N1C(=O)C1CCC1. The van der Waals surface area contributed by atoms with Crippen molar-refractivity contribution in [2.45, 2.75) is 56.5 Å². The predicted octanol–water partition coefficient (Wildman–Crippen LogP) is 3.23. The van der Waals surface area contributed by atoms with E-state index in [9.17, 15) is 15.2 Å². The summed E-state index contributed by atoms with van der Waals surface area (Å²) < 4.78 is 0. The molecule has 0 unspecified atom stereocenters. The van der Waals surface area contributed by atoms with Gasteiger partial charge in [0.15, 0.2) is 0 Å². The number of likely N-dealkylation sites (tertiary alicyclic amines) is 1. The van der Waals surface area contributed by atoms with Gasteiger partial charge in [0.2, 0.25) is 5.91 Å². The summed E-state index contributed by atoms with van der Waals surface area (Å²) in [5.74, 6) is 0.0222. The van der Waals surface area contributed by atoms with Gasteiger partial charge in [-0.1, -0.05) is 36.8 Å². The second-order valence-corrected chi connectivity index (χ2v) is 7.47. The van der Waals surface area contributed by atoms with E-state index >= 15 is 0 Å². The lowest BCUT2D eigenvalue weighted by Crippen LogP contribution is -2.66. The van der Waals surface area contributed by atoms with E-state index in [2.05, 4.69) is 36.4 Å². The van der Waals surface area contributed by atoms with E-state index in [0.29, 0.717) is 0 Å². The van der Waals surface area contributed by atoms with E-state index < -0.39 is 6.04 Å². The van der Waals surface area contributed by atoms with Crippen LogP contribution in [-0.4, -0.2) is 34.6 Å². The number of hydrogen-bond acceptors (Lipinski definition) is 3. The molecule has 0 bridgehead atoms. The average molecular weight is 336 g/mol. The van der Waals surface area contributed by atoms with Crippen molar-refractivity contribution in [3.63, 3.8) is 0 Å². The minimum absolute atomic E-state index is 0.0563. The summed E-state index contributed by atoms with van der Waals surface area (Å²) in [6, 6.07) is 9.94. The van der Waals surface area contributed by atoms with Gasteiger partial charge in [-0.15, -0.1) is 0 Å². The molecular weight excluding hydrogens is 312 g/mol. The number of rotatable bonds is 4. The molecule has 3 aliphatic rings. The first-order valence-electron chi connectivity index (χ1n) is 9.36. The first-order valence-corrected chi connectivity index (χ1v) is 9.36. The van der Waals surface area contributed by atoms with Gasteiger partial charge in [-0.05, 0) is 48.8 Å². The van der Waals surface area contributed by atoms with E-state index in [1.807, 2.05) is 0 Å². The van der Waals surface area contributed by atoms with Crippen LogP contribution >= 0.6 is 0 Å². The fourth-order valence-corrected chi connectivity index (χ4v) is 4.43. The van der Waals surface area contributed by atoms with Crippen molar-refractivity contribution in [1.82, 2.24) is 4.90 Å². The Hall–Kier alpha value is -2.12. The maximum Gasteiger partial charge on any atom is 0.227 e. The fraction of sp³-hybridized carbons (Fsp3) is 0.524. The zero-order valence-electron chi connectivity index (χ0n) is 14.4. The van der Waals surface area contributed by atoms with Crippen molar-refractivity contribution in [3.05, 3.63) is 41.5 Å². The van der Waals surface area contributed by atoms with Crippen molar-refractivity contribution in [2.24, 2.45) is 5.92 Å². The first-order chi connectivity index (χ1) is 12.2. The van der Waals surface area contributed by atoms with Gasteiger partial charge >= 0.3 is 0 Å². The van der Waals surface area contributed by atoms with Crippen LogP contribution in [0.4, 0.5) is 0 Å². The fourth-order valence-electron chi connectivity index (χ4n) is 4.43. The molecule has 1 aromatic rings. The molecule has 4 heteroatoms. The number of aliphatic hydroxyl groups is 1. The molecule has 2 aliphatic carbocycles. The minimum Gasteiger partial charge on any atom is -0.394 e. The van der Waals surface area contributed by atoms with Crippen LogP contribution in [0.5, 0.6) is 0 Å². The Bertz CT molecular complexity index is 727. The molecule has 130 valence electrons. The number of hydrogen-bond donors (Lipinski definition) is 1. The summed E-state index contributed by atoms with van der Waals surface area (Å²) >= 11 is 0. The number of nitrogens with zero attached hydrogens (tertiary/aromatic N) is 2. The Labute approximate surface area is 148 Å². The lowest BCUT2D eigenvalue weighted by atomic mass is 9.73. The Morgan fingerprint density at radius 3 is 2.52 bits per heavy atom. The molecule has 1 amide bonds. The standard InChI is InChI=1S/C21H24N2O2/c22-12-18-20(19(13-24)23(18)21(25)17-6-3-7-17)16-10-8-15(9-11-16)14-4-1-2-5-14/h4,8-11,17-20,24H,1-3,5-7,13H2/t18-,19-,20+/m1/s1. The van der Waals surface area contributed by atoms with Crippen LogP contribution < -0.4 is 0 Å². The molecule has 1 N–H and O–H groups in total. The molecule has 1 heterocycles. The minimum atomic E-state index is -0.457. The highest BCUT2D eigenvalue weighted by molar-refractivity contribution is 5.82. The van der Waals surface area contributed by atoms with Crippen LogP contribution in [-0.2, 0) is 4.79 Å². The van der Waals surface area contributed by atoms with Gasteiger partial charge in [-0.3, -0.25) is 4.79 Å². The summed E-state index contributed by atoms with van der Waals surface area (Å²) in [6.07, 6.45) is 8.73. The number of carbonyl (C=O) groups is 1.